The molecule has 0 aliphatic heterocycles. The van der Waals surface area contributed by atoms with E-state index >= 15 is 0 Å². The molecule has 0 saturated heterocycles. The van der Waals surface area contributed by atoms with Gasteiger partial charge in [0.1, 0.15) is 5.82 Å². The van der Waals surface area contributed by atoms with Crippen LogP contribution in [0.3, 0.4) is 0 Å². The Bertz CT molecular complexity index is 556. The summed E-state index contributed by atoms with van der Waals surface area (Å²) >= 11 is 0. The zero-order valence-corrected chi connectivity index (χ0v) is 12.0. The van der Waals surface area contributed by atoms with E-state index in [0.29, 0.717) is 12.1 Å². The van der Waals surface area contributed by atoms with Crippen LogP contribution in [0.15, 0.2) is 24.3 Å². The number of amides is 1. The quantitative estimate of drug-likeness (QED) is 0.752. The predicted octanol–water partition coefficient (Wildman–Crippen LogP) is 1.87. The highest BCUT2D eigenvalue weighted by molar-refractivity contribution is 5.88. The minimum atomic E-state index is -1.13. The summed E-state index contributed by atoms with van der Waals surface area (Å²) in [5.74, 6) is -2.05. The molecule has 1 amide bonds. The van der Waals surface area contributed by atoms with E-state index in [4.69, 9.17) is 10.8 Å². The second-order valence-electron chi connectivity index (χ2n) is 5.09. The number of para-hydroxylation sites is 1. The summed E-state index contributed by atoms with van der Waals surface area (Å²) in [5.41, 5.74) is 5.78. The molecule has 0 spiro atoms. The lowest BCUT2D eigenvalue weighted by Gasteiger charge is -2.27. The number of halogens is 1. The van der Waals surface area contributed by atoms with Crippen molar-refractivity contribution in [3.8, 4) is 0 Å². The molecule has 6 heteroatoms. The Labute approximate surface area is 122 Å². The maximum Gasteiger partial charge on any atom is 0.328 e. The molecule has 0 aromatic heterocycles. The highest BCUT2D eigenvalue weighted by atomic mass is 19.1. The molecule has 0 radical (unpaired) electrons. The van der Waals surface area contributed by atoms with E-state index < -0.39 is 17.7 Å². The Morgan fingerprint density at radius 3 is 2.62 bits per heavy atom. The summed E-state index contributed by atoms with van der Waals surface area (Å²) in [6.45, 7) is 4.16. The zero-order chi connectivity index (χ0) is 16.0. The second kappa shape index (κ2) is 7.42. The first-order valence-electron chi connectivity index (χ1n) is 6.54. The van der Waals surface area contributed by atoms with Gasteiger partial charge in [-0.2, -0.15) is 0 Å². The minimum Gasteiger partial charge on any atom is -0.478 e. The number of carbonyl (C=O) groups is 2. The number of carbonyl (C=O) groups excluding carboxylic acids is 1. The predicted molar refractivity (Wildman–Crippen MR) is 79.3 cm³/mol. The number of carboxylic acid groups (broad SMARTS) is 1. The standard InChI is InChI=1S/C15H19FN2O3/c1-10(2)8-18(9-13(17)19)15-11(6-7-14(20)21)4-3-5-12(15)16/h3-7,10H,8-9H2,1-2H3,(H2,17,19)(H,20,21)/b7-6+. The van der Waals surface area contributed by atoms with Gasteiger partial charge in [0.25, 0.3) is 0 Å². The van der Waals surface area contributed by atoms with Crippen molar-refractivity contribution in [2.75, 3.05) is 18.0 Å². The number of primary amides is 1. The van der Waals surface area contributed by atoms with Gasteiger partial charge in [-0.05, 0) is 18.1 Å². The van der Waals surface area contributed by atoms with Crippen LogP contribution in [-0.2, 0) is 9.59 Å². The van der Waals surface area contributed by atoms with E-state index in [-0.39, 0.29) is 18.2 Å². The van der Waals surface area contributed by atoms with Crippen molar-refractivity contribution < 1.29 is 19.1 Å². The third-order valence-corrected chi connectivity index (χ3v) is 2.67. The van der Waals surface area contributed by atoms with E-state index in [0.717, 1.165) is 6.08 Å². The largest absolute Gasteiger partial charge is 0.478 e. The van der Waals surface area contributed by atoms with Gasteiger partial charge < -0.3 is 15.7 Å². The Balaban J connectivity index is 3.27. The smallest absolute Gasteiger partial charge is 0.328 e. The Morgan fingerprint density at radius 1 is 1.43 bits per heavy atom. The van der Waals surface area contributed by atoms with Crippen LogP contribution in [0.2, 0.25) is 0 Å². The van der Waals surface area contributed by atoms with E-state index in [9.17, 15) is 14.0 Å². The first-order valence-corrected chi connectivity index (χ1v) is 6.54. The fraction of sp³-hybridized carbons (Fsp3) is 0.333. The molecule has 1 aromatic rings. The number of hydrogen-bond acceptors (Lipinski definition) is 3. The molecule has 1 rings (SSSR count). The van der Waals surface area contributed by atoms with Crippen LogP contribution in [0.5, 0.6) is 0 Å². The molecule has 21 heavy (non-hydrogen) atoms. The van der Waals surface area contributed by atoms with Crippen LogP contribution in [-0.4, -0.2) is 30.1 Å². The summed E-state index contributed by atoms with van der Waals surface area (Å²) in [6, 6.07) is 4.34. The summed E-state index contributed by atoms with van der Waals surface area (Å²) in [7, 11) is 0. The summed E-state index contributed by atoms with van der Waals surface area (Å²) in [6.07, 6.45) is 2.23. The molecular formula is C15H19FN2O3. The number of rotatable bonds is 7. The summed E-state index contributed by atoms with van der Waals surface area (Å²) in [5, 5.41) is 8.70. The van der Waals surface area contributed by atoms with E-state index in [1.54, 1.807) is 6.07 Å². The second-order valence-corrected chi connectivity index (χ2v) is 5.09. The summed E-state index contributed by atoms with van der Waals surface area (Å²) in [4.78, 5) is 23.4. The van der Waals surface area contributed by atoms with Crippen molar-refractivity contribution in [2.24, 2.45) is 11.7 Å². The van der Waals surface area contributed by atoms with Crippen LogP contribution in [0.4, 0.5) is 10.1 Å². The molecule has 0 saturated carbocycles. The highest BCUT2D eigenvalue weighted by Crippen LogP contribution is 2.26. The molecule has 1 aromatic carbocycles. The van der Waals surface area contributed by atoms with E-state index in [2.05, 4.69) is 0 Å². The molecule has 0 aliphatic rings. The molecule has 0 fully saturated rings. The molecule has 0 aliphatic carbocycles. The molecule has 0 heterocycles. The number of hydrogen-bond donors (Lipinski definition) is 2. The van der Waals surface area contributed by atoms with Crippen molar-refractivity contribution >= 4 is 23.6 Å². The number of benzene rings is 1. The van der Waals surface area contributed by atoms with Crippen LogP contribution in [0, 0.1) is 11.7 Å². The molecule has 5 nitrogen and oxygen atoms in total. The highest BCUT2D eigenvalue weighted by Gasteiger charge is 2.18. The van der Waals surface area contributed by atoms with Gasteiger partial charge in [0.15, 0.2) is 0 Å². The lowest BCUT2D eigenvalue weighted by Crippen LogP contribution is -2.37. The average Bonchev–Trinajstić information content (AvgIpc) is 2.34. The van der Waals surface area contributed by atoms with Crippen molar-refractivity contribution in [1.29, 1.82) is 0 Å². The summed E-state index contributed by atoms with van der Waals surface area (Å²) < 4.78 is 14.2. The van der Waals surface area contributed by atoms with Gasteiger partial charge in [-0.15, -0.1) is 0 Å². The van der Waals surface area contributed by atoms with Crippen molar-refractivity contribution in [3.05, 3.63) is 35.7 Å². The number of carboxylic acids is 1. The third kappa shape index (κ3) is 5.25. The van der Waals surface area contributed by atoms with Gasteiger partial charge in [-0.3, -0.25) is 4.79 Å². The lowest BCUT2D eigenvalue weighted by atomic mass is 10.1. The van der Waals surface area contributed by atoms with Crippen LogP contribution in [0.25, 0.3) is 6.08 Å². The monoisotopic (exact) mass is 294 g/mol. The minimum absolute atomic E-state index is 0.132. The fourth-order valence-corrected chi connectivity index (χ4v) is 2.02. The van der Waals surface area contributed by atoms with Gasteiger partial charge in [0, 0.05) is 18.2 Å². The number of aliphatic carboxylic acids is 1. The number of nitrogens with zero attached hydrogens (tertiary/aromatic N) is 1. The molecule has 0 unspecified atom stereocenters. The van der Waals surface area contributed by atoms with Crippen molar-refractivity contribution in [2.45, 2.75) is 13.8 Å². The van der Waals surface area contributed by atoms with Gasteiger partial charge in [0.2, 0.25) is 5.91 Å². The maximum absolute atomic E-state index is 14.2. The van der Waals surface area contributed by atoms with Crippen LogP contribution < -0.4 is 10.6 Å². The van der Waals surface area contributed by atoms with Gasteiger partial charge >= 0.3 is 5.97 Å². The molecule has 3 N–H and O–H groups in total. The maximum atomic E-state index is 14.2. The first-order chi connectivity index (χ1) is 9.81. The van der Waals surface area contributed by atoms with E-state index in [1.165, 1.54) is 23.1 Å². The molecular weight excluding hydrogens is 275 g/mol. The van der Waals surface area contributed by atoms with Crippen LogP contribution >= 0.6 is 0 Å². The molecule has 114 valence electrons. The number of anilines is 1. The normalized spacial score (nSPS) is 11.0. The molecule has 0 bridgehead atoms. The fourth-order valence-electron chi connectivity index (χ4n) is 2.02. The van der Waals surface area contributed by atoms with Crippen molar-refractivity contribution in [3.63, 3.8) is 0 Å². The van der Waals surface area contributed by atoms with Gasteiger partial charge in [0.05, 0.1) is 12.2 Å². The lowest BCUT2D eigenvalue weighted by molar-refractivity contribution is -0.131. The molecule has 0 atom stereocenters. The Kier molecular flexibility index (Phi) is 5.90. The SMILES string of the molecule is CC(C)CN(CC(N)=O)c1c(F)cccc1/C=C/C(=O)O. The topological polar surface area (TPSA) is 83.6 Å². The van der Waals surface area contributed by atoms with Gasteiger partial charge in [-0.25, -0.2) is 9.18 Å². The number of nitrogens with two attached hydrogens (primary N) is 1. The van der Waals surface area contributed by atoms with Crippen LogP contribution in [0.1, 0.15) is 19.4 Å². The van der Waals surface area contributed by atoms with Gasteiger partial charge in [-0.1, -0.05) is 26.0 Å². The first kappa shape index (κ1) is 16.7. The third-order valence-electron chi connectivity index (χ3n) is 2.67. The van der Waals surface area contributed by atoms with E-state index in [1.807, 2.05) is 13.8 Å². The zero-order valence-electron chi connectivity index (χ0n) is 12.0. The average molecular weight is 294 g/mol. The van der Waals surface area contributed by atoms with Crippen molar-refractivity contribution in [1.82, 2.24) is 0 Å². The Hall–Kier alpha value is -2.37. The Morgan fingerprint density at radius 2 is 2.10 bits per heavy atom.